The molecule has 1 heterocycles. The first-order chi connectivity index (χ1) is 14.0. The van der Waals surface area contributed by atoms with Crippen LogP contribution in [0.3, 0.4) is 0 Å². The van der Waals surface area contributed by atoms with Crippen molar-refractivity contribution in [2.24, 2.45) is 0 Å². The van der Waals surface area contributed by atoms with Crippen molar-refractivity contribution in [3.63, 3.8) is 0 Å². The molecule has 0 aliphatic heterocycles. The van der Waals surface area contributed by atoms with Crippen LogP contribution in [0.1, 0.15) is 42.0 Å². The van der Waals surface area contributed by atoms with Crippen LogP contribution in [0.25, 0.3) is 10.9 Å². The second-order valence-electron chi connectivity index (χ2n) is 7.55. The normalized spacial score (nSPS) is 17.2. The van der Waals surface area contributed by atoms with Crippen molar-refractivity contribution in [1.82, 2.24) is 4.57 Å². The molecule has 4 rings (SSSR count). The molecule has 1 aromatic heterocycles. The largest absolute Gasteiger partial charge is 0.612 e. The number of nitrogens with zero attached hydrogens (tertiary/aromatic N) is 1. The maximum absolute atomic E-state index is 12.5. The maximum atomic E-state index is 12.5. The van der Waals surface area contributed by atoms with Crippen molar-refractivity contribution in [3.8, 4) is 0 Å². The molecule has 0 saturated heterocycles. The third-order valence-electron chi connectivity index (χ3n) is 5.76. The number of para-hydroxylation sites is 1. The molecule has 2 aromatic carbocycles. The summed E-state index contributed by atoms with van der Waals surface area (Å²) in [5.41, 5.74) is 4.60. The van der Waals surface area contributed by atoms with Crippen molar-refractivity contribution in [2.75, 3.05) is 13.4 Å². The lowest BCUT2D eigenvalue weighted by atomic mass is 9.84. The van der Waals surface area contributed by atoms with Gasteiger partial charge in [-0.25, -0.2) is 0 Å². The number of benzene rings is 2. The number of methoxy groups -OCH3 is 1. The van der Waals surface area contributed by atoms with Crippen LogP contribution in [0.5, 0.6) is 0 Å². The smallest absolute Gasteiger partial charge is 0.306 e. The molecule has 4 nitrogen and oxygen atoms in total. The topological polar surface area (TPSA) is 54.3 Å². The molecule has 0 fully saturated rings. The summed E-state index contributed by atoms with van der Waals surface area (Å²) in [6, 6.07) is 13.9. The quantitative estimate of drug-likeness (QED) is 0.420. The monoisotopic (exact) mass is 429 g/mol. The Labute approximate surface area is 179 Å². The van der Waals surface area contributed by atoms with Crippen LogP contribution in [-0.2, 0) is 33.7 Å². The minimum absolute atomic E-state index is 0.101. The summed E-state index contributed by atoms with van der Waals surface area (Å²) >= 11 is 4.96. The molecule has 29 heavy (non-hydrogen) atoms. The lowest BCUT2D eigenvalue weighted by Gasteiger charge is -2.25. The van der Waals surface area contributed by atoms with Gasteiger partial charge in [-0.1, -0.05) is 35.9 Å². The molecule has 0 bridgehead atoms. The fraction of sp³-hybridized carbons (Fsp3) is 0.348. The molecule has 1 aliphatic rings. The second kappa shape index (κ2) is 8.42. The maximum Gasteiger partial charge on any atom is 0.306 e. The van der Waals surface area contributed by atoms with Gasteiger partial charge in [-0.15, -0.1) is 0 Å². The van der Waals surface area contributed by atoms with Crippen molar-refractivity contribution < 1.29 is 14.1 Å². The molecule has 0 N–H and O–H groups in total. The minimum atomic E-state index is -1.11. The fourth-order valence-electron chi connectivity index (χ4n) is 4.51. The average molecular weight is 430 g/mol. The molecule has 152 valence electrons. The van der Waals surface area contributed by atoms with E-state index in [-0.39, 0.29) is 11.9 Å². The van der Waals surface area contributed by atoms with E-state index in [1.54, 1.807) is 6.26 Å². The Morgan fingerprint density at radius 3 is 2.72 bits per heavy atom. The summed E-state index contributed by atoms with van der Waals surface area (Å²) in [7, 11) is 1.44. The van der Waals surface area contributed by atoms with E-state index in [0.717, 1.165) is 40.6 Å². The van der Waals surface area contributed by atoms with Crippen molar-refractivity contribution >= 4 is 39.6 Å². The molecule has 0 spiro atoms. The fourth-order valence-corrected chi connectivity index (χ4v) is 5.40. The number of carbonyl (C=O) groups excluding carboxylic acids is 1. The van der Waals surface area contributed by atoms with Crippen LogP contribution in [-0.4, -0.2) is 28.5 Å². The van der Waals surface area contributed by atoms with Gasteiger partial charge >= 0.3 is 5.97 Å². The van der Waals surface area contributed by atoms with Gasteiger partial charge in [-0.2, -0.15) is 0 Å². The predicted octanol–water partition coefficient (Wildman–Crippen LogP) is 5.06. The van der Waals surface area contributed by atoms with Crippen LogP contribution in [0.15, 0.2) is 47.4 Å². The van der Waals surface area contributed by atoms with E-state index in [2.05, 4.69) is 10.6 Å². The number of carbonyl (C=O) groups is 1. The molecule has 2 atom stereocenters. The first-order valence-electron chi connectivity index (χ1n) is 9.78. The number of aryl methyl sites for hydroxylation is 1. The van der Waals surface area contributed by atoms with Gasteiger partial charge in [0.1, 0.15) is 11.8 Å². The van der Waals surface area contributed by atoms with E-state index >= 15 is 0 Å². The number of rotatable bonds is 5. The number of hydrogen-bond acceptors (Lipinski definition) is 3. The molecule has 1 unspecified atom stereocenters. The van der Waals surface area contributed by atoms with Crippen LogP contribution in [0, 0.1) is 0 Å². The Morgan fingerprint density at radius 2 is 2.03 bits per heavy atom. The Balaban J connectivity index is 1.93. The molecular formula is C23H24ClNO3S. The Bertz CT molecular complexity index is 1040. The second-order valence-corrected chi connectivity index (χ2v) is 9.34. The summed E-state index contributed by atoms with van der Waals surface area (Å²) < 4.78 is 19.8. The number of esters is 1. The first kappa shape index (κ1) is 20.3. The predicted molar refractivity (Wildman–Crippen MR) is 117 cm³/mol. The number of fused-ring (bicyclic) bond motifs is 3. The minimum Gasteiger partial charge on any atom is -0.612 e. The summed E-state index contributed by atoms with van der Waals surface area (Å²) in [4.78, 5) is 12.9. The van der Waals surface area contributed by atoms with Gasteiger partial charge in [0.05, 0.1) is 13.5 Å². The van der Waals surface area contributed by atoms with E-state index < -0.39 is 11.2 Å². The molecular weight excluding hydrogens is 406 g/mol. The van der Waals surface area contributed by atoms with E-state index in [1.165, 1.54) is 18.4 Å². The van der Waals surface area contributed by atoms with Gasteiger partial charge in [-0.05, 0) is 59.8 Å². The van der Waals surface area contributed by atoms with E-state index in [9.17, 15) is 9.35 Å². The highest BCUT2D eigenvalue weighted by Gasteiger charge is 2.31. The number of hydrogen-bond donors (Lipinski definition) is 0. The van der Waals surface area contributed by atoms with Crippen LogP contribution < -0.4 is 0 Å². The van der Waals surface area contributed by atoms with Crippen molar-refractivity contribution in [1.29, 1.82) is 0 Å². The van der Waals surface area contributed by atoms with E-state index in [0.29, 0.717) is 18.0 Å². The Hall–Kier alpha value is -1.95. The van der Waals surface area contributed by atoms with E-state index in [1.807, 2.05) is 36.4 Å². The van der Waals surface area contributed by atoms with Gasteiger partial charge in [0, 0.05) is 28.6 Å². The molecule has 0 saturated carbocycles. The first-order valence-corrected chi connectivity index (χ1v) is 11.7. The van der Waals surface area contributed by atoms with E-state index in [4.69, 9.17) is 16.3 Å². The summed E-state index contributed by atoms with van der Waals surface area (Å²) in [6.45, 7) is 0.648. The molecule has 0 radical (unpaired) electrons. The van der Waals surface area contributed by atoms with Crippen LogP contribution in [0.4, 0.5) is 0 Å². The van der Waals surface area contributed by atoms with Gasteiger partial charge in [0.25, 0.3) is 0 Å². The van der Waals surface area contributed by atoms with Crippen molar-refractivity contribution in [3.05, 3.63) is 64.3 Å². The molecule has 3 aromatic rings. The zero-order valence-electron chi connectivity index (χ0n) is 16.6. The summed E-state index contributed by atoms with van der Waals surface area (Å²) in [6.07, 6.45) is 5.04. The highest BCUT2D eigenvalue weighted by Crippen LogP contribution is 2.42. The highest BCUT2D eigenvalue weighted by molar-refractivity contribution is 7.91. The molecule has 0 amide bonds. The summed E-state index contributed by atoms with van der Waals surface area (Å²) in [5, 5.41) is 1.85. The zero-order valence-corrected chi connectivity index (χ0v) is 18.2. The third-order valence-corrected chi connectivity index (χ3v) is 6.97. The van der Waals surface area contributed by atoms with Gasteiger partial charge in [0.15, 0.2) is 4.90 Å². The Morgan fingerprint density at radius 1 is 1.28 bits per heavy atom. The Kier molecular flexibility index (Phi) is 5.91. The van der Waals surface area contributed by atoms with Gasteiger partial charge in [-0.3, -0.25) is 4.79 Å². The highest BCUT2D eigenvalue weighted by atomic mass is 35.5. The van der Waals surface area contributed by atoms with Gasteiger partial charge in [0.2, 0.25) is 0 Å². The standard InChI is InChI=1S/C23H24ClNO3S/c1-28-21(26)13-16-5-3-6-18-19-7-4-8-20(29(2)27)23(19)25(22(16)18)14-15-9-11-17(24)12-10-15/h4,7-12,16H,3,5-6,13-14H2,1-2H3/t16-,29?/m1/s1. The lowest BCUT2D eigenvalue weighted by molar-refractivity contribution is -0.141. The number of aromatic nitrogens is 1. The van der Waals surface area contributed by atoms with Crippen molar-refractivity contribution in [2.45, 2.75) is 43.0 Å². The van der Waals surface area contributed by atoms with Crippen LogP contribution in [0.2, 0.25) is 5.02 Å². The van der Waals surface area contributed by atoms with Gasteiger partial charge < -0.3 is 13.9 Å². The van der Waals surface area contributed by atoms with Crippen LogP contribution >= 0.6 is 11.6 Å². The number of halogens is 1. The zero-order chi connectivity index (χ0) is 20.5. The third kappa shape index (κ3) is 3.91. The molecule has 6 heteroatoms. The molecule has 1 aliphatic carbocycles. The SMILES string of the molecule is COC(=O)C[C@H]1CCCc2c1n(Cc1ccc(Cl)cc1)c1c([S+](C)[O-])cccc21. The average Bonchev–Trinajstić information content (AvgIpc) is 3.04. The summed E-state index contributed by atoms with van der Waals surface area (Å²) in [5.74, 6) is -0.0884. The number of ether oxygens (including phenoxy) is 1. The lowest BCUT2D eigenvalue weighted by Crippen LogP contribution is -2.18.